The molecule has 0 bridgehead atoms. The van der Waals surface area contributed by atoms with Crippen LogP contribution in [0.4, 0.5) is 14.5 Å². The number of sulfonamides is 1. The summed E-state index contributed by atoms with van der Waals surface area (Å²) in [5, 5.41) is 0. The van der Waals surface area contributed by atoms with Gasteiger partial charge in [-0.05, 0) is 18.1 Å². The number of nitrogens with one attached hydrogen (secondary N) is 1. The van der Waals surface area contributed by atoms with Gasteiger partial charge in [-0.15, -0.1) is 0 Å². The lowest BCUT2D eigenvalue weighted by molar-refractivity contribution is 0.468. The zero-order valence-corrected chi connectivity index (χ0v) is 11.7. The fourth-order valence-corrected chi connectivity index (χ4v) is 2.90. The first-order valence-electron chi connectivity index (χ1n) is 6.06. The van der Waals surface area contributed by atoms with Crippen molar-refractivity contribution in [2.45, 2.75) is 31.6 Å². The highest BCUT2D eigenvalue weighted by Gasteiger charge is 2.23. The summed E-state index contributed by atoms with van der Waals surface area (Å²) in [7, 11) is -4.10. The molecule has 3 N–H and O–H groups in total. The lowest BCUT2D eigenvalue weighted by Gasteiger charge is -2.14. The quantitative estimate of drug-likeness (QED) is 0.790. The maximum atomic E-state index is 13.5. The standard InChI is InChI=1S/C12H18F2N2O2S/c1-3-8(4-2)7-16-19(17,18)11-6-9(15)5-10(13)12(11)14/h5-6,8,16H,3-4,7,15H2,1-2H3. The van der Waals surface area contributed by atoms with Crippen molar-refractivity contribution < 1.29 is 17.2 Å². The summed E-state index contributed by atoms with van der Waals surface area (Å²) in [5.74, 6) is -2.53. The maximum absolute atomic E-state index is 13.5. The van der Waals surface area contributed by atoms with Crippen LogP contribution in [0.3, 0.4) is 0 Å². The van der Waals surface area contributed by atoms with E-state index in [1.54, 1.807) is 0 Å². The highest BCUT2D eigenvalue weighted by Crippen LogP contribution is 2.21. The van der Waals surface area contributed by atoms with E-state index in [9.17, 15) is 17.2 Å². The Morgan fingerprint density at radius 1 is 1.26 bits per heavy atom. The molecular weight excluding hydrogens is 274 g/mol. The molecule has 0 heterocycles. The van der Waals surface area contributed by atoms with Gasteiger partial charge in [-0.3, -0.25) is 0 Å². The molecule has 0 aromatic heterocycles. The van der Waals surface area contributed by atoms with Gasteiger partial charge in [-0.25, -0.2) is 21.9 Å². The molecule has 0 saturated heterocycles. The van der Waals surface area contributed by atoms with Crippen LogP contribution in [0.15, 0.2) is 17.0 Å². The number of halogens is 2. The summed E-state index contributed by atoms with van der Waals surface area (Å²) in [5.41, 5.74) is 5.20. The molecule has 0 aliphatic heterocycles. The van der Waals surface area contributed by atoms with Gasteiger partial charge in [0.05, 0.1) is 0 Å². The van der Waals surface area contributed by atoms with Crippen LogP contribution in [0, 0.1) is 17.6 Å². The molecule has 1 rings (SSSR count). The van der Waals surface area contributed by atoms with Crippen molar-refractivity contribution in [3.63, 3.8) is 0 Å². The molecule has 0 atom stereocenters. The molecule has 0 spiro atoms. The van der Waals surface area contributed by atoms with Crippen LogP contribution in [0.25, 0.3) is 0 Å². The number of benzene rings is 1. The van der Waals surface area contributed by atoms with E-state index >= 15 is 0 Å². The van der Waals surface area contributed by atoms with Crippen molar-refractivity contribution in [2.24, 2.45) is 5.92 Å². The average molecular weight is 292 g/mol. The Kier molecular flexibility index (Phi) is 5.25. The van der Waals surface area contributed by atoms with Gasteiger partial charge in [-0.1, -0.05) is 26.7 Å². The van der Waals surface area contributed by atoms with Crippen molar-refractivity contribution in [3.8, 4) is 0 Å². The second-order valence-electron chi connectivity index (χ2n) is 4.35. The van der Waals surface area contributed by atoms with Crippen molar-refractivity contribution in [2.75, 3.05) is 12.3 Å². The molecule has 19 heavy (non-hydrogen) atoms. The van der Waals surface area contributed by atoms with Crippen LogP contribution in [0.5, 0.6) is 0 Å². The minimum absolute atomic E-state index is 0.137. The van der Waals surface area contributed by atoms with E-state index in [0.29, 0.717) is 0 Å². The third-order valence-electron chi connectivity index (χ3n) is 3.02. The van der Waals surface area contributed by atoms with E-state index in [-0.39, 0.29) is 18.2 Å². The summed E-state index contributed by atoms with van der Waals surface area (Å²) in [6, 6.07) is 1.66. The molecule has 4 nitrogen and oxygen atoms in total. The van der Waals surface area contributed by atoms with Crippen LogP contribution in [0.1, 0.15) is 26.7 Å². The average Bonchev–Trinajstić information content (AvgIpc) is 2.34. The molecule has 7 heteroatoms. The molecule has 1 aromatic carbocycles. The van der Waals surface area contributed by atoms with E-state index < -0.39 is 26.6 Å². The van der Waals surface area contributed by atoms with Gasteiger partial charge >= 0.3 is 0 Å². The monoisotopic (exact) mass is 292 g/mol. The summed E-state index contributed by atoms with van der Waals surface area (Å²) in [6.07, 6.45) is 1.60. The van der Waals surface area contributed by atoms with Crippen molar-refractivity contribution in [1.29, 1.82) is 0 Å². The van der Waals surface area contributed by atoms with Crippen molar-refractivity contribution >= 4 is 15.7 Å². The Labute approximate surface area is 112 Å². The van der Waals surface area contributed by atoms with Crippen LogP contribution in [-0.2, 0) is 10.0 Å². The maximum Gasteiger partial charge on any atom is 0.243 e. The number of nitrogen functional groups attached to an aromatic ring is 1. The first-order valence-corrected chi connectivity index (χ1v) is 7.54. The predicted octanol–water partition coefficient (Wildman–Crippen LogP) is 2.26. The molecule has 0 unspecified atom stereocenters. The third kappa shape index (κ3) is 3.87. The lowest BCUT2D eigenvalue weighted by atomic mass is 10.0. The van der Waals surface area contributed by atoms with Crippen molar-refractivity contribution in [1.82, 2.24) is 4.72 Å². The smallest absolute Gasteiger partial charge is 0.243 e. The second-order valence-corrected chi connectivity index (χ2v) is 6.08. The topological polar surface area (TPSA) is 72.2 Å². The number of rotatable bonds is 6. The minimum atomic E-state index is -4.10. The van der Waals surface area contributed by atoms with Gasteiger partial charge < -0.3 is 5.73 Å². The van der Waals surface area contributed by atoms with Crippen LogP contribution in [-0.4, -0.2) is 15.0 Å². The van der Waals surface area contributed by atoms with E-state index in [4.69, 9.17) is 5.73 Å². The van der Waals surface area contributed by atoms with E-state index in [2.05, 4.69) is 4.72 Å². The first-order chi connectivity index (χ1) is 8.81. The number of hydrogen-bond donors (Lipinski definition) is 2. The van der Waals surface area contributed by atoms with Gasteiger partial charge in [0.1, 0.15) is 4.90 Å². The Morgan fingerprint density at radius 2 is 1.84 bits per heavy atom. The molecule has 0 aliphatic carbocycles. The van der Waals surface area contributed by atoms with Crippen molar-refractivity contribution in [3.05, 3.63) is 23.8 Å². The fourth-order valence-electron chi connectivity index (χ4n) is 1.66. The van der Waals surface area contributed by atoms with Gasteiger partial charge in [-0.2, -0.15) is 0 Å². The fraction of sp³-hybridized carbons (Fsp3) is 0.500. The Balaban J connectivity index is 3.01. The van der Waals surface area contributed by atoms with Gasteiger partial charge in [0.2, 0.25) is 10.0 Å². The Bertz CT molecular complexity index is 543. The van der Waals surface area contributed by atoms with E-state index in [1.807, 2.05) is 13.8 Å². The van der Waals surface area contributed by atoms with E-state index in [1.165, 1.54) is 0 Å². The predicted molar refractivity (Wildman–Crippen MR) is 70.0 cm³/mol. The summed E-state index contributed by atoms with van der Waals surface area (Å²) in [4.78, 5) is -0.754. The molecular formula is C12H18F2N2O2S. The second kappa shape index (κ2) is 6.29. The molecule has 0 saturated carbocycles. The number of hydrogen-bond acceptors (Lipinski definition) is 3. The zero-order chi connectivity index (χ0) is 14.6. The highest BCUT2D eigenvalue weighted by atomic mass is 32.2. The van der Waals surface area contributed by atoms with E-state index in [0.717, 1.165) is 25.0 Å². The Hall–Kier alpha value is -1.21. The first kappa shape index (κ1) is 15.8. The number of nitrogens with two attached hydrogens (primary N) is 1. The zero-order valence-electron chi connectivity index (χ0n) is 10.9. The van der Waals surface area contributed by atoms with Gasteiger partial charge in [0.25, 0.3) is 0 Å². The summed E-state index contributed by atoms with van der Waals surface area (Å²) >= 11 is 0. The van der Waals surface area contributed by atoms with Gasteiger partial charge in [0.15, 0.2) is 11.6 Å². The third-order valence-corrected chi connectivity index (χ3v) is 4.45. The summed E-state index contributed by atoms with van der Waals surface area (Å²) in [6.45, 7) is 4.05. The minimum Gasteiger partial charge on any atom is -0.399 e. The highest BCUT2D eigenvalue weighted by molar-refractivity contribution is 7.89. The largest absolute Gasteiger partial charge is 0.399 e. The molecule has 108 valence electrons. The number of anilines is 1. The molecule has 0 fully saturated rings. The van der Waals surface area contributed by atoms with Gasteiger partial charge in [0, 0.05) is 12.2 Å². The molecule has 0 amide bonds. The van der Waals surface area contributed by atoms with Crippen LogP contribution in [0.2, 0.25) is 0 Å². The summed E-state index contributed by atoms with van der Waals surface area (Å²) < 4.78 is 52.8. The SMILES string of the molecule is CCC(CC)CNS(=O)(=O)c1cc(N)cc(F)c1F. The Morgan fingerprint density at radius 3 is 2.37 bits per heavy atom. The van der Waals surface area contributed by atoms with Crippen LogP contribution < -0.4 is 10.5 Å². The molecule has 1 aromatic rings. The molecule has 0 radical (unpaired) electrons. The normalized spacial score (nSPS) is 12.1. The lowest BCUT2D eigenvalue weighted by Crippen LogP contribution is -2.30. The van der Waals surface area contributed by atoms with Crippen LogP contribution >= 0.6 is 0 Å². The molecule has 0 aliphatic rings.